The van der Waals surface area contributed by atoms with Crippen LogP contribution < -0.4 is 15.5 Å². The molecule has 0 spiro atoms. The number of benzene rings is 2. The third kappa shape index (κ3) is 7.76. The normalized spacial score (nSPS) is 11.4. The van der Waals surface area contributed by atoms with Crippen LogP contribution in [0.25, 0.3) is 10.8 Å². The highest BCUT2D eigenvalue weighted by Gasteiger charge is 2.11. The molecule has 3 aromatic rings. The summed E-state index contributed by atoms with van der Waals surface area (Å²) < 4.78 is 8.01. The van der Waals surface area contributed by atoms with E-state index in [4.69, 9.17) is 9.94 Å². The van der Waals surface area contributed by atoms with Crippen LogP contribution in [0, 0.1) is 0 Å². The Hall–Kier alpha value is -3.65. The van der Waals surface area contributed by atoms with Crippen LogP contribution in [0.4, 0.5) is 0 Å². The molecule has 174 valence electrons. The molecule has 8 nitrogen and oxygen atoms in total. The molecular formula is C25H30N4O4. The first-order valence-electron chi connectivity index (χ1n) is 11.1. The highest BCUT2D eigenvalue weighted by Crippen LogP contribution is 2.25. The van der Waals surface area contributed by atoms with E-state index in [1.807, 2.05) is 59.3 Å². The Morgan fingerprint density at radius 2 is 1.94 bits per heavy atom. The first-order chi connectivity index (χ1) is 16.2. The monoisotopic (exact) mass is 450 g/mol. The number of amides is 2. The molecule has 2 amide bonds. The van der Waals surface area contributed by atoms with Crippen molar-refractivity contribution < 1.29 is 19.5 Å². The number of carbonyl (C=O) groups excluding carboxylic acids is 2. The zero-order valence-electron chi connectivity index (χ0n) is 18.6. The molecule has 1 aromatic heterocycles. The zero-order chi connectivity index (χ0) is 23.3. The van der Waals surface area contributed by atoms with Gasteiger partial charge in [0, 0.05) is 37.3 Å². The van der Waals surface area contributed by atoms with Crippen LogP contribution in [0.15, 0.2) is 72.8 Å². The number of carbonyl (C=O) groups is 2. The van der Waals surface area contributed by atoms with Crippen LogP contribution in [-0.2, 0) is 16.1 Å². The van der Waals surface area contributed by atoms with Gasteiger partial charge < -0.3 is 14.6 Å². The van der Waals surface area contributed by atoms with Crippen molar-refractivity contribution in [3.05, 3.63) is 72.8 Å². The van der Waals surface area contributed by atoms with Crippen molar-refractivity contribution in [3.8, 4) is 5.75 Å². The molecule has 1 heterocycles. The van der Waals surface area contributed by atoms with Gasteiger partial charge in [-0.2, -0.15) is 0 Å². The van der Waals surface area contributed by atoms with Gasteiger partial charge >= 0.3 is 0 Å². The molecule has 3 N–H and O–H groups in total. The molecule has 0 atom stereocenters. The number of imidazole rings is 1. The molecule has 0 unspecified atom stereocenters. The summed E-state index contributed by atoms with van der Waals surface area (Å²) in [6, 6.07) is 13.8. The summed E-state index contributed by atoms with van der Waals surface area (Å²) in [6.45, 7) is 1.47. The van der Waals surface area contributed by atoms with Gasteiger partial charge in [-0.15, -0.1) is 0 Å². The van der Waals surface area contributed by atoms with Crippen molar-refractivity contribution in [2.75, 3.05) is 13.2 Å². The number of rotatable bonds is 13. The number of aromatic nitrogens is 2. The van der Waals surface area contributed by atoms with Gasteiger partial charge in [-0.25, -0.2) is 10.5 Å². The number of hydrogen-bond acceptors (Lipinski definition) is 5. The molecule has 2 aromatic carbocycles. The summed E-state index contributed by atoms with van der Waals surface area (Å²) in [5, 5.41) is 13.6. The Morgan fingerprint density at radius 1 is 1.09 bits per heavy atom. The van der Waals surface area contributed by atoms with Crippen molar-refractivity contribution in [3.63, 3.8) is 0 Å². The Morgan fingerprint density at radius 3 is 2.76 bits per heavy atom. The van der Waals surface area contributed by atoms with Crippen LogP contribution in [0.1, 0.15) is 32.1 Å². The summed E-state index contributed by atoms with van der Waals surface area (Å²) in [5.41, 5.74) is 2.18. The molecule has 0 aliphatic carbocycles. The largest absolute Gasteiger partial charge is 0.488 e. The summed E-state index contributed by atoms with van der Waals surface area (Å²) in [7, 11) is 0. The number of unbranched alkanes of at least 4 members (excludes halogenated alkanes) is 2. The number of nitrogens with one attached hydrogen (secondary N) is 2. The lowest BCUT2D eigenvalue weighted by molar-refractivity contribution is -0.129. The van der Waals surface area contributed by atoms with Gasteiger partial charge in [0.05, 0.1) is 11.9 Å². The molecule has 0 aliphatic heterocycles. The third-order valence-electron chi connectivity index (χ3n) is 5.24. The average Bonchev–Trinajstić information content (AvgIpc) is 3.36. The topological polar surface area (TPSA) is 105 Å². The molecule has 0 radical (unpaired) electrons. The molecule has 0 fully saturated rings. The highest BCUT2D eigenvalue weighted by atomic mass is 16.5. The highest BCUT2D eigenvalue weighted by molar-refractivity contribution is 5.94. The van der Waals surface area contributed by atoms with E-state index in [9.17, 15) is 9.59 Å². The molecule has 0 saturated heterocycles. The molecular weight excluding hydrogens is 420 g/mol. The predicted octanol–water partition coefficient (Wildman–Crippen LogP) is 3.61. The minimum Gasteiger partial charge on any atom is -0.488 e. The standard InChI is InChI=1S/C25H30N4O4/c30-24(28-32)13-3-1-2-9-21(25(31)27-14-7-16-29-17-15-26-19-29)18-33-23-12-6-10-20-8-4-5-11-22(20)23/h4-6,8-12,15,17,19,32H,1-3,7,13-14,16,18H2,(H,27,31)(H,28,30). The lowest BCUT2D eigenvalue weighted by atomic mass is 10.1. The van der Waals surface area contributed by atoms with Gasteiger partial charge in [0.2, 0.25) is 11.8 Å². The van der Waals surface area contributed by atoms with Crippen LogP contribution in [-0.4, -0.2) is 39.7 Å². The van der Waals surface area contributed by atoms with Gasteiger partial charge in [-0.1, -0.05) is 42.5 Å². The van der Waals surface area contributed by atoms with Gasteiger partial charge in [0.25, 0.3) is 0 Å². The summed E-state index contributed by atoms with van der Waals surface area (Å²) in [5.74, 6) is 0.162. The van der Waals surface area contributed by atoms with Crippen molar-refractivity contribution in [2.24, 2.45) is 0 Å². The van der Waals surface area contributed by atoms with Gasteiger partial charge in [0.1, 0.15) is 12.4 Å². The first kappa shape index (κ1) is 24.0. The number of nitrogens with zero attached hydrogens (tertiary/aromatic N) is 2. The van der Waals surface area contributed by atoms with Crippen LogP contribution in [0.5, 0.6) is 5.75 Å². The van der Waals surface area contributed by atoms with E-state index in [0.29, 0.717) is 25.0 Å². The van der Waals surface area contributed by atoms with E-state index in [0.717, 1.165) is 35.9 Å². The maximum atomic E-state index is 12.8. The van der Waals surface area contributed by atoms with E-state index in [2.05, 4.69) is 10.3 Å². The number of aryl methyl sites for hydroxylation is 1. The Bertz CT molecular complexity index is 1060. The van der Waals surface area contributed by atoms with E-state index < -0.39 is 5.91 Å². The van der Waals surface area contributed by atoms with Gasteiger partial charge in [0.15, 0.2) is 0 Å². The zero-order valence-corrected chi connectivity index (χ0v) is 18.6. The number of allylic oxidation sites excluding steroid dienone is 1. The second kappa shape index (κ2) is 13.0. The third-order valence-corrected chi connectivity index (χ3v) is 5.24. The number of fused-ring (bicyclic) bond motifs is 1. The quantitative estimate of drug-likeness (QED) is 0.160. The van der Waals surface area contributed by atoms with Crippen LogP contribution >= 0.6 is 0 Å². The second-order valence-electron chi connectivity index (χ2n) is 7.69. The minimum atomic E-state index is -0.408. The Labute approximate surface area is 193 Å². The van der Waals surface area contributed by atoms with E-state index in [1.54, 1.807) is 18.0 Å². The maximum absolute atomic E-state index is 12.8. The maximum Gasteiger partial charge on any atom is 0.250 e. The van der Waals surface area contributed by atoms with Crippen molar-refractivity contribution in [2.45, 2.75) is 38.6 Å². The second-order valence-corrected chi connectivity index (χ2v) is 7.69. The molecule has 0 aliphatic rings. The van der Waals surface area contributed by atoms with Crippen LogP contribution in [0.3, 0.4) is 0 Å². The Balaban J connectivity index is 1.57. The van der Waals surface area contributed by atoms with E-state index in [1.165, 1.54) is 0 Å². The minimum absolute atomic E-state index is 0.151. The molecule has 3 rings (SSSR count). The van der Waals surface area contributed by atoms with Crippen molar-refractivity contribution in [1.29, 1.82) is 0 Å². The smallest absolute Gasteiger partial charge is 0.250 e. The number of ether oxygens (including phenoxy) is 1. The number of hydrogen-bond donors (Lipinski definition) is 3. The lowest BCUT2D eigenvalue weighted by Crippen LogP contribution is -2.29. The molecule has 33 heavy (non-hydrogen) atoms. The van der Waals surface area contributed by atoms with Crippen molar-refractivity contribution in [1.82, 2.24) is 20.3 Å². The lowest BCUT2D eigenvalue weighted by Gasteiger charge is -2.13. The summed E-state index contributed by atoms with van der Waals surface area (Å²) in [4.78, 5) is 28.0. The van der Waals surface area contributed by atoms with Crippen LogP contribution in [0.2, 0.25) is 0 Å². The van der Waals surface area contributed by atoms with E-state index >= 15 is 0 Å². The molecule has 0 saturated carbocycles. The fourth-order valence-corrected chi connectivity index (χ4v) is 3.45. The fraction of sp³-hybridized carbons (Fsp3) is 0.320. The van der Waals surface area contributed by atoms with Gasteiger partial charge in [-0.05, 0) is 37.1 Å². The average molecular weight is 451 g/mol. The predicted molar refractivity (Wildman–Crippen MR) is 126 cm³/mol. The molecule has 8 heteroatoms. The number of hydroxylamine groups is 1. The fourth-order valence-electron chi connectivity index (χ4n) is 3.45. The summed E-state index contributed by atoms with van der Waals surface area (Å²) in [6.07, 6.45) is 10.2. The van der Waals surface area contributed by atoms with E-state index in [-0.39, 0.29) is 18.9 Å². The van der Waals surface area contributed by atoms with Crippen molar-refractivity contribution >= 4 is 22.6 Å². The van der Waals surface area contributed by atoms with Gasteiger partial charge in [-0.3, -0.25) is 14.8 Å². The Kier molecular flexibility index (Phi) is 9.47. The molecule has 0 bridgehead atoms. The summed E-state index contributed by atoms with van der Waals surface area (Å²) >= 11 is 0. The SMILES string of the molecule is O=C(CCCCC=C(COc1cccc2ccccc12)C(=O)NCCCn1ccnc1)NO. The first-order valence-corrected chi connectivity index (χ1v) is 11.1.